The second-order valence-electron chi connectivity index (χ2n) is 10.1. The maximum absolute atomic E-state index is 14.1. The summed E-state index contributed by atoms with van der Waals surface area (Å²) < 4.78 is 38.3. The van der Waals surface area contributed by atoms with Gasteiger partial charge in [-0.05, 0) is 61.7 Å². The van der Waals surface area contributed by atoms with Crippen LogP contribution in [0.2, 0.25) is 0 Å². The summed E-state index contributed by atoms with van der Waals surface area (Å²) in [5.41, 5.74) is 3.39. The fourth-order valence-corrected chi connectivity index (χ4v) is 5.93. The van der Waals surface area contributed by atoms with Gasteiger partial charge in [0.2, 0.25) is 0 Å². The van der Waals surface area contributed by atoms with Gasteiger partial charge in [-0.2, -0.15) is 8.42 Å². The second-order valence-corrected chi connectivity index (χ2v) is 11.7. The average molecular weight is 621 g/mol. The van der Waals surface area contributed by atoms with E-state index in [0.29, 0.717) is 45.8 Å². The summed E-state index contributed by atoms with van der Waals surface area (Å²) in [5.74, 6) is -1.22. The van der Waals surface area contributed by atoms with Crippen LogP contribution in [0.3, 0.4) is 0 Å². The monoisotopic (exact) mass is 620 g/mol. The molecule has 1 heterocycles. The molecule has 220 valence electrons. The Morgan fingerprint density at radius 3 is 2.14 bits per heavy atom. The van der Waals surface area contributed by atoms with E-state index in [4.69, 9.17) is 8.60 Å². The third kappa shape index (κ3) is 6.66. The predicted molar refractivity (Wildman–Crippen MR) is 161 cm³/mol. The Labute approximate surface area is 278 Å². The Morgan fingerprint density at radius 2 is 1.52 bits per heavy atom. The van der Waals surface area contributed by atoms with Crippen LogP contribution in [0.5, 0.6) is 11.5 Å². The Hall–Kier alpha value is -4.15. The molecule has 0 spiro atoms. The molecule has 0 radical (unpaired) electrons. The van der Waals surface area contributed by atoms with Crippen LogP contribution >= 0.6 is 0 Å². The minimum atomic E-state index is -4.51. The van der Waals surface area contributed by atoms with Crippen molar-refractivity contribution >= 4 is 21.9 Å². The number of carboxylic acid groups (broad SMARTS) is 1. The van der Waals surface area contributed by atoms with Crippen molar-refractivity contribution in [1.82, 2.24) is 0 Å². The summed E-state index contributed by atoms with van der Waals surface area (Å²) >= 11 is 0. The van der Waals surface area contributed by atoms with E-state index in [1.807, 2.05) is 50.2 Å². The number of rotatable bonds is 9. The average Bonchev–Trinajstić information content (AvgIpc) is 3.26. The van der Waals surface area contributed by atoms with E-state index in [1.165, 1.54) is 0 Å². The Kier molecular flexibility index (Phi) is 9.85. The van der Waals surface area contributed by atoms with E-state index in [0.717, 1.165) is 29.3 Å². The third-order valence-electron chi connectivity index (χ3n) is 7.20. The first-order valence-corrected chi connectivity index (χ1v) is 14.8. The van der Waals surface area contributed by atoms with Crippen molar-refractivity contribution in [2.45, 2.75) is 32.1 Å². The molecular weight excluding hydrogens is 591 g/mol. The molecule has 0 bridgehead atoms. The van der Waals surface area contributed by atoms with Gasteiger partial charge >= 0.3 is 45.6 Å². The first-order chi connectivity index (χ1) is 20.5. The van der Waals surface area contributed by atoms with Crippen LogP contribution in [0.4, 0.5) is 0 Å². The third-order valence-corrected chi connectivity index (χ3v) is 8.41. The molecule has 1 aromatic heterocycles. The molecule has 10 heteroatoms. The number of carbonyl (C=O) groups excluding carboxylic acids is 1. The second kappa shape index (κ2) is 13.2. The van der Waals surface area contributed by atoms with E-state index < -0.39 is 32.3 Å². The molecule has 0 unspecified atom stereocenters. The zero-order valence-corrected chi connectivity index (χ0v) is 27.4. The number of carbonyl (C=O) groups is 2. The van der Waals surface area contributed by atoms with Crippen molar-refractivity contribution in [2.24, 2.45) is 0 Å². The molecule has 2 N–H and O–H groups in total. The first-order valence-electron chi connectivity index (χ1n) is 13.3. The molecule has 0 fully saturated rings. The van der Waals surface area contributed by atoms with Crippen LogP contribution < -0.4 is 33.7 Å². The summed E-state index contributed by atoms with van der Waals surface area (Å²) in [6.45, 7) is 5.28. The molecule has 5 aromatic rings. The number of phenols is 1. The van der Waals surface area contributed by atoms with Gasteiger partial charge in [0, 0.05) is 29.2 Å². The largest absolute Gasteiger partial charge is 1.00 e. The number of aromatic carboxylic acids is 1. The molecule has 8 nitrogen and oxygen atoms in total. The summed E-state index contributed by atoms with van der Waals surface area (Å²) in [7, 11) is -4.51. The molecule has 4 aromatic carbocycles. The summed E-state index contributed by atoms with van der Waals surface area (Å²) in [6, 6.07) is 24.6. The van der Waals surface area contributed by atoms with E-state index >= 15 is 0 Å². The van der Waals surface area contributed by atoms with E-state index in [9.17, 15) is 28.2 Å². The minimum absolute atomic E-state index is 0. The van der Waals surface area contributed by atoms with Gasteiger partial charge in [0.05, 0.1) is 5.56 Å². The number of furan rings is 1. The molecule has 5 rings (SSSR count). The van der Waals surface area contributed by atoms with E-state index in [2.05, 4.69) is 0 Å². The number of carboxylic acids is 1. The van der Waals surface area contributed by atoms with E-state index in [-0.39, 0.29) is 42.5 Å². The number of ketones is 1. The molecular formula is C34H29NaO8S. The fraction of sp³-hybridized carbons (Fsp3) is 0.118. The SMILES string of the molecule is Cc1cc(C(=O)c2c(Cc3ccccc3)oc(C)c2C)cc(-c2ccccc2)c1OS(=O)(=O)c1ccc(C(=O)O)c(O)c1.[H-].[Na+]. The molecule has 0 atom stereocenters. The quantitative estimate of drug-likeness (QED) is 0.144. The summed E-state index contributed by atoms with van der Waals surface area (Å²) in [6.07, 6.45) is 0.425. The maximum atomic E-state index is 14.1. The minimum Gasteiger partial charge on any atom is -1.00 e. The van der Waals surface area contributed by atoms with Crippen LogP contribution in [0.25, 0.3) is 11.1 Å². The van der Waals surface area contributed by atoms with Gasteiger partial charge in [0.1, 0.15) is 27.7 Å². The Balaban J connectivity index is 0.00000276. The van der Waals surface area contributed by atoms with Crippen LogP contribution in [0.1, 0.15) is 55.9 Å². The maximum Gasteiger partial charge on any atom is 1.00 e. The van der Waals surface area contributed by atoms with Gasteiger partial charge in [-0.25, -0.2) is 4.79 Å². The van der Waals surface area contributed by atoms with Crippen molar-refractivity contribution < 1.29 is 67.8 Å². The number of aryl methyl sites for hydroxylation is 2. The molecule has 0 amide bonds. The van der Waals surface area contributed by atoms with Crippen molar-refractivity contribution in [1.29, 1.82) is 0 Å². The van der Waals surface area contributed by atoms with Crippen LogP contribution in [0, 0.1) is 20.8 Å². The fourth-order valence-electron chi connectivity index (χ4n) is 4.90. The Morgan fingerprint density at radius 1 is 0.886 bits per heavy atom. The molecule has 0 saturated heterocycles. The number of hydrogen-bond donors (Lipinski definition) is 2. The topological polar surface area (TPSA) is 131 Å². The van der Waals surface area contributed by atoms with Crippen LogP contribution in [-0.4, -0.2) is 30.4 Å². The van der Waals surface area contributed by atoms with Gasteiger partial charge in [-0.1, -0.05) is 60.7 Å². The van der Waals surface area contributed by atoms with Crippen LogP contribution in [0.15, 0.2) is 100 Å². The summed E-state index contributed by atoms with van der Waals surface area (Å²) in [5, 5.41) is 19.3. The Bertz CT molecular complexity index is 1970. The van der Waals surface area contributed by atoms with Crippen molar-refractivity contribution in [3.05, 3.63) is 136 Å². The van der Waals surface area contributed by atoms with Gasteiger partial charge in [-0.3, -0.25) is 4.79 Å². The smallest absolute Gasteiger partial charge is 1.00 e. The van der Waals surface area contributed by atoms with E-state index in [1.54, 1.807) is 43.3 Å². The molecule has 0 aliphatic carbocycles. The van der Waals surface area contributed by atoms with Crippen molar-refractivity contribution in [2.75, 3.05) is 0 Å². The normalized spacial score (nSPS) is 11.1. The molecule has 0 saturated carbocycles. The van der Waals surface area contributed by atoms with Crippen LogP contribution in [-0.2, 0) is 16.5 Å². The van der Waals surface area contributed by atoms with Gasteiger partial charge in [-0.15, -0.1) is 0 Å². The first kappa shape index (κ1) is 32.8. The molecule has 0 aliphatic rings. The number of aromatic hydroxyl groups is 1. The number of hydrogen-bond acceptors (Lipinski definition) is 7. The van der Waals surface area contributed by atoms with Crippen molar-refractivity contribution in [3.63, 3.8) is 0 Å². The zero-order chi connectivity index (χ0) is 30.9. The zero-order valence-electron chi connectivity index (χ0n) is 25.6. The molecule has 0 aliphatic heterocycles. The van der Waals surface area contributed by atoms with Gasteiger partial charge in [0.15, 0.2) is 11.5 Å². The number of benzene rings is 4. The standard InChI is InChI=1S/C34H28O8S.Na.H/c1-20-16-25(32(36)31-21(2)22(3)41-30(31)17-23-10-6-4-7-11-23)18-28(24-12-8-5-9-13-24)33(20)42-43(39,40)26-14-15-27(34(37)38)29(35)19-26;;/h4-16,18-19,35H,17H2,1-3H3,(H,37,38);;/q;+1;-1. The van der Waals surface area contributed by atoms with Gasteiger partial charge < -0.3 is 20.2 Å². The molecule has 44 heavy (non-hydrogen) atoms. The van der Waals surface area contributed by atoms with Gasteiger partial charge in [0.25, 0.3) is 0 Å². The summed E-state index contributed by atoms with van der Waals surface area (Å²) in [4.78, 5) is 24.9. The van der Waals surface area contributed by atoms with Crippen molar-refractivity contribution in [3.8, 4) is 22.6 Å². The predicted octanol–water partition coefficient (Wildman–Crippen LogP) is 3.98.